The summed E-state index contributed by atoms with van der Waals surface area (Å²) in [4.78, 5) is 11.1. The molecule has 1 aliphatic rings. The molecule has 2 aromatic rings. The van der Waals surface area contributed by atoms with E-state index in [2.05, 4.69) is 42.9 Å². The summed E-state index contributed by atoms with van der Waals surface area (Å²) in [5.74, 6) is 3.24. The zero-order chi connectivity index (χ0) is 13.4. The van der Waals surface area contributed by atoms with Crippen LogP contribution < -0.4 is 4.90 Å². The third-order valence-corrected chi connectivity index (χ3v) is 5.29. The second-order valence-electron chi connectivity index (χ2n) is 4.48. The van der Waals surface area contributed by atoms with Crippen LogP contribution in [0.3, 0.4) is 0 Å². The summed E-state index contributed by atoms with van der Waals surface area (Å²) >= 11 is 11.6. The predicted molar refractivity (Wildman–Crippen MR) is 86.5 cm³/mol. The Balaban J connectivity index is 2.20. The van der Waals surface area contributed by atoms with Crippen LogP contribution in [0.5, 0.6) is 0 Å². The van der Waals surface area contributed by atoms with Crippen molar-refractivity contribution in [3.8, 4) is 0 Å². The number of rotatable bonds is 1. The van der Waals surface area contributed by atoms with Gasteiger partial charge in [-0.25, -0.2) is 4.98 Å². The molecule has 1 fully saturated rings. The van der Waals surface area contributed by atoms with Crippen molar-refractivity contribution in [1.82, 2.24) is 9.97 Å². The fraction of sp³-hybridized carbons (Fsp3) is 0.385. The van der Waals surface area contributed by atoms with Crippen molar-refractivity contribution in [3.05, 3.63) is 27.5 Å². The standard InChI is InChI=1S/C13H13BrClN3S/c1-8-10(14)3-2-9-11(8)16-13(15)17-12(9)18-4-6-19-7-5-18/h2-3H,4-7H2,1H3. The highest BCUT2D eigenvalue weighted by molar-refractivity contribution is 9.10. The van der Waals surface area contributed by atoms with Gasteiger partial charge in [0.1, 0.15) is 5.82 Å². The van der Waals surface area contributed by atoms with Crippen LogP contribution in [0.25, 0.3) is 10.9 Å². The summed E-state index contributed by atoms with van der Waals surface area (Å²) < 4.78 is 1.05. The van der Waals surface area contributed by atoms with E-state index in [0.29, 0.717) is 5.28 Å². The summed E-state index contributed by atoms with van der Waals surface area (Å²) in [5.41, 5.74) is 2.04. The van der Waals surface area contributed by atoms with Crippen LogP contribution in [-0.2, 0) is 0 Å². The van der Waals surface area contributed by atoms with Crippen molar-refractivity contribution < 1.29 is 0 Å². The summed E-state index contributed by atoms with van der Waals surface area (Å²) in [6, 6.07) is 4.12. The van der Waals surface area contributed by atoms with Gasteiger partial charge in [-0.2, -0.15) is 16.7 Å². The summed E-state index contributed by atoms with van der Waals surface area (Å²) in [6.45, 7) is 4.08. The van der Waals surface area contributed by atoms with E-state index in [0.717, 1.165) is 51.4 Å². The molecule has 3 nitrogen and oxygen atoms in total. The maximum absolute atomic E-state index is 6.10. The predicted octanol–water partition coefficient (Wildman–Crippen LogP) is 3.91. The molecule has 3 rings (SSSR count). The largest absolute Gasteiger partial charge is 0.354 e. The number of nitrogens with zero attached hydrogens (tertiary/aromatic N) is 3. The Hall–Kier alpha value is -0.520. The van der Waals surface area contributed by atoms with Gasteiger partial charge < -0.3 is 4.90 Å². The number of aromatic nitrogens is 2. The topological polar surface area (TPSA) is 29.0 Å². The Morgan fingerprint density at radius 1 is 1.26 bits per heavy atom. The average Bonchev–Trinajstić information content (AvgIpc) is 2.44. The van der Waals surface area contributed by atoms with Crippen LogP contribution in [0.1, 0.15) is 5.56 Å². The zero-order valence-electron chi connectivity index (χ0n) is 10.5. The Morgan fingerprint density at radius 2 is 2.00 bits per heavy atom. The van der Waals surface area contributed by atoms with Gasteiger partial charge in [-0.15, -0.1) is 0 Å². The van der Waals surface area contributed by atoms with E-state index in [1.165, 1.54) is 0 Å². The van der Waals surface area contributed by atoms with Crippen molar-refractivity contribution >= 4 is 56.0 Å². The molecular formula is C13H13BrClN3S. The fourth-order valence-corrected chi connectivity index (χ4v) is 3.67. The molecule has 19 heavy (non-hydrogen) atoms. The number of fused-ring (bicyclic) bond motifs is 1. The van der Waals surface area contributed by atoms with Crippen LogP contribution in [0.2, 0.25) is 5.28 Å². The molecule has 0 radical (unpaired) electrons. The minimum absolute atomic E-state index is 0.321. The Labute approximate surface area is 129 Å². The van der Waals surface area contributed by atoms with Crippen LogP contribution in [0.15, 0.2) is 16.6 Å². The normalized spacial score (nSPS) is 16.1. The SMILES string of the molecule is Cc1c(Br)ccc2c(N3CCSCC3)nc(Cl)nc12. The minimum Gasteiger partial charge on any atom is -0.354 e. The molecule has 0 N–H and O–H groups in total. The fourth-order valence-electron chi connectivity index (χ4n) is 2.28. The van der Waals surface area contributed by atoms with E-state index >= 15 is 0 Å². The van der Waals surface area contributed by atoms with Gasteiger partial charge in [0, 0.05) is 34.5 Å². The highest BCUT2D eigenvalue weighted by Gasteiger charge is 2.18. The molecule has 0 amide bonds. The summed E-state index contributed by atoms with van der Waals surface area (Å²) in [5, 5.41) is 1.40. The van der Waals surface area contributed by atoms with E-state index in [-0.39, 0.29) is 0 Å². The van der Waals surface area contributed by atoms with Gasteiger partial charge in [0.15, 0.2) is 0 Å². The molecule has 6 heteroatoms. The maximum Gasteiger partial charge on any atom is 0.224 e. The first-order chi connectivity index (χ1) is 9.16. The lowest BCUT2D eigenvalue weighted by Gasteiger charge is -2.28. The van der Waals surface area contributed by atoms with Crippen LogP contribution >= 0.6 is 39.3 Å². The number of hydrogen-bond acceptors (Lipinski definition) is 4. The molecule has 1 aromatic carbocycles. The summed E-state index contributed by atoms with van der Waals surface area (Å²) in [6.07, 6.45) is 0. The second-order valence-corrected chi connectivity index (χ2v) is 6.90. The van der Waals surface area contributed by atoms with Gasteiger partial charge in [0.2, 0.25) is 5.28 Å². The Morgan fingerprint density at radius 3 is 2.74 bits per heavy atom. The number of hydrogen-bond donors (Lipinski definition) is 0. The quantitative estimate of drug-likeness (QED) is 0.723. The van der Waals surface area contributed by atoms with Crippen LogP contribution in [0, 0.1) is 6.92 Å². The second kappa shape index (κ2) is 5.46. The monoisotopic (exact) mass is 357 g/mol. The zero-order valence-corrected chi connectivity index (χ0v) is 13.6. The van der Waals surface area contributed by atoms with Gasteiger partial charge in [-0.1, -0.05) is 15.9 Å². The molecule has 0 atom stereocenters. The molecule has 0 aliphatic carbocycles. The molecular weight excluding hydrogens is 346 g/mol. The van der Waals surface area contributed by atoms with Gasteiger partial charge in [-0.3, -0.25) is 0 Å². The van der Waals surface area contributed by atoms with Crippen molar-refractivity contribution in [2.24, 2.45) is 0 Å². The minimum atomic E-state index is 0.321. The lowest BCUT2D eigenvalue weighted by Crippen LogP contribution is -2.33. The van der Waals surface area contributed by atoms with Gasteiger partial charge >= 0.3 is 0 Å². The number of thioether (sulfide) groups is 1. The lowest BCUT2D eigenvalue weighted by molar-refractivity contribution is 0.842. The number of anilines is 1. The Kier molecular flexibility index (Phi) is 3.87. The highest BCUT2D eigenvalue weighted by atomic mass is 79.9. The molecule has 0 bridgehead atoms. The lowest BCUT2D eigenvalue weighted by atomic mass is 10.1. The number of halogens is 2. The third-order valence-electron chi connectivity index (χ3n) is 3.32. The Bertz CT molecular complexity index is 629. The van der Waals surface area contributed by atoms with E-state index in [1.807, 2.05) is 18.7 Å². The molecule has 0 unspecified atom stereocenters. The molecule has 0 spiro atoms. The van der Waals surface area contributed by atoms with Crippen molar-refractivity contribution in [2.45, 2.75) is 6.92 Å². The van der Waals surface area contributed by atoms with Crippen molar-refractivity contribution in [3.63, 3.8) is 0 Å². The summed E-state index contributed by atoms with van der Waals surface area (Å²) in [7, 11) is 0. The number of aryl methyl sites for hydroxylation is 1. The average molecular weight is 359 g/mol. The molecule has 0 saturated carbocycles. The molecule has 1 aliphatic heterocycles. The van der Waals surface area contributed by atoms with Gasteiger partial charge in [-0.05, 0) is 36.2 Å². The number of benzene rings is 1. The van der Waals surface area contributed by atoms with E-state index in [9.17, 15) is 0 Å². The van der Waals surface area contributed by atoms with Crippen molar-refractivity contribution in [2.75, 3.05) is 29.5 Å². The van der Waals surface area contributed by atoms with Crippen molar-refractivity contribution in [1.29, 1.82) is 0 Å². The molecule has 1 saturated heterocycles. The first-order valence-corrected chi connectivity index (χ1v) is 8.44. The molecule has 2 heterocycles. The van der Waals surface area contributed by atoms with Gasteiger partial charge in [0.05, 0.1) is 5.52 Å². The third kappa shape index (κ3) is 2.56. The molecule has 100 valence electrons. The molecule has 1 aromatic heterocycles. The van der Waals surface area contributed by atoms with Crippen LogP contribution in [-0.4, -0.2) is 34.6 Å². The first kappa shape index (κ1) is 13.5. The van der Waals surface area contributed by atoms with Gasteiger partial charge in [0.25, 0.3) is 0 Å². The van der Waals surface area contributed by atoms with E-state index in [4.69, 9.17) is 11.6 Å². The van der Waals surface area contributed by atoms with E-state index in [1.54, 1.807) is 0 Å². The van der Waals surface area contributed by atoms with E-state index < -0.39 is 0 Å². The smallest absolute Gasteiger partial charge is 0.224 e. The highest BCUT2D eigenvalue weighted by Crippen LogP contribution is 2.32. The first-order valence-electron chi connectivity index (χ1n) is 6.12. The maximum atomic E-state index is 6.10. The van der Waals surface area contributed by atoms with Crippen LogP contribution in [0.4, 0.5) is 5.82 Å².